The number of benzene rings is 2. The third-order valence-corrected chi connectivity index (χ3v) is 5.94. The van der Waals surface area contributed by atoms with Crippen LogP contribution in [-0.2, 0) is 0 Å². The number of anilines is 1. The van der Waals surface area contributed by atoms with E-state index >= 15 is 0 Å². The number of aromatic nitrogens is 1. The van der Waals surface area contributed by atoms with Gasteiger partial charge in [0.05, 0.1) is 17.3 Å². The Morgan fingerprint density at radius 1 is 1.14 bits per heavy atom. The second kappa shape index (κ2) is 10.8. The summed E-state index contributed by atoms with van der Waals surface area (Å²) >= 11 is 7.60. The Kier molecular flexibility index (Phi) is 8.71. The lowest BCUT2D eigenvalue weighted by molar-refractivity contribution is 0.0984. The van der Waals surface area contributed by atoms with Gasteiger partial charge in [0.15, 0.2) is 5.13 Å². The number of hydrogen-bond donors (Lipinski definition) is 0. The molecule has 1 heterocycles. The molecule has 0 saturated heterocycles. The first-order valence-electron chi connectivity index (χ1n) is 9.30. The van der Waals surface area contributed by atoms with E-state index in [0.717, 1.165) is 35.6 Å². The standard InChI is InChI=1S/C21H24ClN3O2S.ClH/c1-4-24(5-2)11-12-25(20(26)15-7-6-8-16(22)13-15)21-23-18-10-9-17(27-3)14-19(18)28-21;/h6-10,13-14H,4-5,11-12H2,1-3H3;1H. The Balaban J connectivity index is 0.00000300. The van der Waals surface area contributed by atoms with Crippen molar-refractivity contribution < 1.29 is 9.53 Å². The van der Waals surface area contributed by atoms with Crippen molar-refractivity contribution in [1.29, 1.82) is 0 Å². The highest BCUT2D eigenvalue weighted by Crippen LogP contribution is 2.32. The Hall–Kier alpha value is -1.86. The van der Waals surface area contributed by atoms with Gasteiger partial charge >= 0.3 is 0 Å². The minimum absolute atomic E-state index is 0. The summed E-state index contributed by atoms with van der Waals surface area (Å²) in [7, 11) is 1.64. The Labute approximate surface area is 186 Å². The molecule has 0 aliphatic rings. The maximum atomic E-state index is 13.3. The summed E-state index contributed by atoms with van der Waals surface area (Å²) < 4.78 is 6.29. The molecule has 0 unspecified atom stereocenters. The van der Waals surface area contributed by atoms with Crippen LogP contribution in [0.3, 0.4) is 0 Å². The Morgan fingerprint density at radius 2 is 1.90 bits per heavy atom. The van der Waals surface area contributed by atoms with Gasteiger partial charge in [0.25, 0.3) is 5.91 Å². The number of carbonyl (C=O) groups excluding carboxylic acids is 1. The number of fused-ring (bicyclic) bond motifs is 1. The minimum Gasteiger partial charge on any atom is -0.497 e. The monoisotopic (exact) mass is 453 g/mol. The number of amides is 1. The fourth-order valence-electron chi connectivity index (χ4n) is 2.98. The van der Waals surface area contributed by atoms with Crippen LogP contribution in [0.15, 0.2) is 42.5 Å². The molecule has 3 aromatic rings. The molecule has 0 fully saturated rings. The smallest absolute Gasteiger partial charge is 0.260 e. The van der Waals surface area contributed by atoms with E-state index in [1.54, 1.807) is 36.3 Å². The molecule has 29 heavy (non-hydrogen) atoms. The lowest BCUT2D eigenvalue weighted by atomic mass is 10.2. The molecule has 0 saturated carbocycles. The number of rotatable bonds is 8. The SMILES string of the molecule is CCN(CC)CCN(C(=O)c1cccc(Cl)c1)c1nc2ccc(OC)cc2s1.Cl. The zero-order valence-electron chi connectivity index (χ0n) is 16.7. The number of carbonyl (C=O) groups is 1. The van der Waals surface area contributed by atoms with Crippen LogP contribution in [0.2, 0.25) is 5.02 Å². The van der Waals surface area contributed by atoms with Gasteiger partial charge in [-0.25, -0.2) is 4.98 Å². The van der Waals surface area contributed by atoms with Crippen LogP contribution in [-0.4, -0.2) is 49.1 Å². The van der Waals surface area contributed by atoms with Crippen molar-refractivity contribution in [2.24, 2.45) is 0 Å². The van der Waals surface area contributed by atoms with E-state index in [9.17, 15) is 4.79 Å². The highest BCUT2D eigenvalue weighted by atomic mass is 35.5. The number of halogens is 2. The van der Waals surface area contributed by atoms with Crippen molar-refractivity contribution in [2.75, 3.05) is 38.2 Å². The molecule has 156 valence electrons. The molecule has 0 atom stereocenters. The van der Waals surface area contributed by atoms with Crippen molar-refractivity contribution in [2.45, 2.75) is 13.8 Å². The second-order valence-electron chi connectivity index (χ2n) is 6.32. The summed E-state index contributed by atoms with van der Waals surface area (Å²) in [5.41, 5.74) is 1.41. The fourth-order valence-corrected chi connectivity index (χ4v) is 4.19. The quantitative estimate of drug-likeness (QED) is 0.459. The van der Waals surface area contributed by atoms with Crippen molar-refractivity contribution in [3.8, 4) is 5.75 Å². The molecule has 1 amide bonds. The topological polar surface area (TPSA) is 45.7 Å². The van der Waals surface area contributed by atoms with Gasteiger partial charge in [-0.15, -0.1) is 12.4 Å². The normalized spacial score (nSPS) is 10.8. The van der Waals surface area contributed by atoms with E-state index in [1.165, 1.54) is 11.3 Å². The maximum absolute atomic E-state index is 13.3. The molecule has 0 N–H and O–H groups in total. The molecule has 5 nitrogen and oxygen atoms in total. The molecule has 0 aliphatic heterocycles. The van der Waals surface area contributed by atoms with Crippen molar-refractivity contribution in [3.05, 3.63) is 53.1 Å². The summed E-state index contributed by atoms with van der Waals surface area (Å²) in [6.07, 6.45) is 0. The zero-order valence-corrected chi connectivity index (χ0v) is 19.1. The number of hydrogen-bond acceptors (Lipinski definition) is 5. The van der Waals surface area contributed by atoms with Crippen molar-refractivity contribution in [1.82, 2.24) is 9.88 Å². The third-order valence-electron chi connectivity index (χ3n) is 4.67. The number of likely N-dealkylation sites (N-methyl/N-ethyl adjacent to an activating group) is 1. The van der Waals surface area contributed by atoms with Crippen LogP contribution in [0, 0.1) is 0 Å². The zero-order chi connectivity index (χ0) is 20.1. The lowest BCUT2D eigenvalue weighted by Gasteiger charge is -2.24. The molecular formula is C21H25Cl2N3O2S. The van der Waals surface area contributed by atoms with E-state index in [4.69, 9.17) is 21.3 Å². The number of methoxy groups -OCH3 is 1. The highest BCUT2D eigenvalue weighted by molar-refractivity contribution is 7.22. The van der Waals surface area contributed by atoms with Gasteiger partial charge in [0.2, 0.25) is 0 Å². The van der Waals surface area contributed by atoms with Gasteiger partial charge in [-0.05, 0) is 49.5 Å². The third kappa shape index (κ3) is 5.60. The van der Waals surface area contributed by atoms with Crippen LogP contribution >= 0.6 is 35.3 Å². The van der Waals surface area contributed by atoms with E-state index in [2.05, 4.69) is 18.7 Å². The van der Waals surface area contributed by atoms with Crippen LogP contribution in [0.4, 0.5) is 5.13 Å². The first-order chi connectivity index (χ1) is 13.5. The summed E-state index contributed by atoms with van der Waals surface area (Å²) in [5, 5.41) is 1.23. The van der Waals surface area contributed by atoms with Crippen molar-refractivity contribution >= 4 is 56.6 Å². The molecule has 0 aliphatic carbocycles. The molecule has 3 rings (SSSR count). The van der Waals surface area contributed by atoms with Crippen LogP contribution in [0.25, 0.3) is 10.2 Å². The summed E-state index contributed by atoms with van der Waals surface area (Å²) in [6, 6.07) is 12.8. The molecule has 8 heteroatoms. The molecule has 2 aromatic carbocycles. The maximum Gasteiger partial charge on any atom is 0.260 e. The Bertz CT molecular complexity index is 960. The average molecular weight is 454 g/mol. The van der Waals surface area contributed by atoms with E-state index < -0.39 is 0 Å². The van der Waals surface area contributed by atoms with Crippen LogP contribution in [0.1, 0.15) is 24.2 Å². The van der Waals surface area contributed by atoms with Gasteiger partial charge in [-0.2, -0.15) is 0 Å². The summed E-state index contributed by atoms with van der Waals surface area (Å²) in [5.74, 6) is 0.680. The van der Waals surface area contributed by atoms with E-state index in [-0.39, 0.29) is 18.3 Å². The van der Waals surface area contributed by atoms with Gasteiger partial charge < -0.3 is 9.64 Å². The highest BCUT2D eigenvalue weighted by Gasteiger charge is 2.22. The lowest BCUT2D eigenvalue weighted by Crippen LogP contribution is -2.38. The molecule has 1 aromatic heterocycles. The van der Waals surface area contributed by atoms with Gasteiger partial charge in [0.1, 0.15) is 5.75 Å². The second-order valence-corrected chi connectivity index (χ2v) is 7.77. The van der Waals surface area contributed by atoms with Crippen LogP contribution in [0.5, 0.6) is 5.75 Å². The predicted octanol–water partition coefficient (Wildman–Crippen LogP) is 5.37. The molecule has 0 bridgehead atoms. The minimum atomic E-state index is -0.0966. The molecule has 0 radical (unpaired) electrons. The fraction of sp³-hybridized carbons (Fsp3) is 0.333. The van der Waals surface area contributed by atoms with E-state index in [0.29, 0.717) is 22.3 Å². The first kappa shape index (κ1) is 23.4. The van der Waals surface area contributed by atoms with Gasteiger partial charge in [-0.3, -0.25) is 9.69 Å². The predicted molar refractivity (Wildman–Crippen MR) is 124 cm³/mol. The molecule has 0 spiro atoms. The summed E-state index contributed by atoms with van der Waals surface area (Å²) in [4.78, 5) is 22.0. The van der Waals surface area contributed by atoms with Crippen LogP contribution < -0.4 is 9.64 Å². The number of ether oxygens (including phenoxy) is 1. The van der Waals surface area contributed by atoms with Gasteiger partial charge in [-0.1, -0.05) is 42.9 Å². The van der Waals surface area contributed by atoms with E-state index in [1.807, 2.05) is 18.2 Å². The number of nitrogens with zero attached hydrogens (tertiary/aromatic N) is 3. The summed E-state index contributed by atoms with van der Waals surface area (Å²) in [6.45, 7) is 7.45. The molecular weight excluding hydrogens is 429 g/mol. The average Bonchev–Trinajstić information content (AvgIpc) is 3.13. The number of thiazole rings is 1. The van der Waals surface area contributed by atoms with Crippen molar-refractivity contribution in [3.63, 3.8) is 0 Å². The van der Waals surface area contributed by atoms with Gasteiger partial charge in [0, 0.05) is 23.7 Å². The Morgan fingerprint density at radius 3 is 2.55 bits per heavy atom. The first-order valence-corrected chi connectivity index (χ1v) is 10.5. The largest absolute Gasteiger partial charge is 0.497 e.